The van der Waals surface area contributed by atoms with Gasteiger partial charge in [0, 0.05) is 13.1 Å². The fourth-order valence-electron chi connectivity index (χ4n) is 2.99. The summed E-state index contributed by atoms with van der Waals surface area (Å²) in [6.07, 6.45) is 0. The van der Waals surface area contributed by atoms with Gasteiger partial charge in [-0.3, -0.25) is 0 Å². The lowest BCUT2D eigenvalue weighted by Crippen LogP contribution is -2.36. The third-order valence-electron chi connectivity index (χ3n) is 4.38. The van der Waals surface area contributed by atoms with Crippen molar-refractivity contribution in [3.8, 4) is 22.9 Å². The second-order valence-electron chi connectivity index (χ2n) is 6.15. The van der Waals surface area contributed by atoms with E-state index in [1.165, 1.54) is 0 Å². The van der Waals surface area contributed by atoms with Crippen LogP contribution < -0.4 is 9.64 Å². The van der Waals surface area contributed by atoms with Crippen molar-refractivity contribution in [1.29, 1.82) is 5.26 Å². The minimum absolute atomic E-state index is 0.170. The first-order valence-corrected chi connectivity index (χ1v) is 8.84. The summed E-state index contributed by atoms with van der Waals surface area (Å²) in [6.45, 7) is 2.77. The Morgan fingerprint density at radius 2 is 1.70 bits per heavy atom. The van der Waals surface area contributed by atoms with Crippen molar-refractivity contribution < 1.29 is 13.9 Å². The van der Waals surface area contributed by atoms with Crippen LogP contribution in [-0.4, -0.2) is 31.3 Å². The lowest BCUT2D eigenvalue weighted by atomic mass is 10.1. The Bertz CT molecular complexity index is 924. The molecule has 27 heavy (non-hydrogen) atoms. The Morgan fingerprint density at radius 3 is 2.41 bits per heavy atom. The van der Waals surface area contributed by atoms with Crippen LogP contribution in [0.2, 0.25) is 0 Å². The second kappa shape index (κ2) is 7.94. The van der Waals surface area contributed by atoms with Crippen LogP contribution in [0.4, 0.5) is 5.88 Å². The number of nitriles is 1. The Labute approximate surface area is 157 Å². The zero-order chi connectivity index (χ0) is 18.5. The number of nitrogens with zero attached hydrogens (tertiary/aromatic N) is 3. The van der Waals surface area contributed by atoms with Crippen molar-refractivity contribution >= 4 is 5.88 Å². The number of benzene rings is 2. The Morgan fingerprint density at radius 1 is 1.00 bits per heavy atom. The van der Waals surface area contributed by atoms with Crippen molar-refractivity contribution in [2.75, 3.05) is 31.2 Å². The Kier molecular flexibility index (Phi) is 5.04. The van der Waals surface area contributed by atoms with Crippen LogP contribution in [0.15, 0.2) is 59.0 Å². The molecule has 136 valence electrons. The lowest BCUT2D eigenvalue weighted by molar-refractivity contribution is 0.120. The number of ether oxygens (including phenoxy) is 2. The minimum atomic E-state index is 0.170. The highest BCUT2D eigenvalue weighted by molar-refractivity contribution is 5.63. The normalized spacial score (nSPS) is 14.0. The van der Waals surface area contributed by atoms with Crippen LogP contribution >= 0.6 is 0 Å². The van der Waals surface area contributed by atoms with Gasteiger partial charge in [-0.1, -0.05) is 42.5 Å². The summed E-state index contributed by atoms with van der Waals surface area (Å²) in [7, 11) is 0. The van der Waals surface area contributed by atoms with E-state index in [1.54, 1.807) is 0 Å². The molecule has 1 saturated heterocycles. The number of rotatable bonds is 5. The van der Waals surface area contributed by atoms with E-state index < -0.39 is 0 Å². The number of oxazole rings is 1. The van der Waals surface area contributed by atoms with E-state index in [4.69, 9.17) is 13.9 Å². The van der Waals surface area contributed by atoms with Crippen molar-refractivity contribution in [2.24, 2.45) is 0 Å². The second-order valence-corrected chi connectivity index (χ2v) is 6.15. The molecule has 0 spiro atoms. The quantitative estimate of drug-likeness (QED) is 0.691. The van der Waals surface area contributed by atoms with E-state index in [1.807, 2.05) is 47.4 Å². The molecule has 3 aromatic rings. The molecule has 6 nitrogen and oxygen atoms in total. The molecule has 6 heteroatoms. The third-order valence-corrected chi connectivity index (χ3v) is 4.38. The molecule has 0 saturated carbocycles. The standard InChI is InChI=1S/C21H19N3O3/c22-14-19-21(24-10-12-25-13-11-24)27-20(23-19)15-26-18-8-6-17(7-9-18)16-4-2-1-3-5-16/h1-9H,10-13,15H2. The summed E-state index contributed by atoms with van der Waals surface area (Å²) < 4.78 is 16.9. The molecule has 0 aliphatic carbocycles. The van der Waals surface area contributed by atoms with Crippen molar-refractivity contribution in [2.45, 2.75) is 6.61 Å². The number of aromatic nitrogens is 1. The predicted octanol–water partition coefficient (Wildman–Crippen LogP) is 3.63. The molecular weight excluding hydrogens is 342 g/mol. The molecule has 0 amide bonds. The van der Waals surface area contributed by atoms with E-state index >= 15 is 0 Å². The zero-order valence-corrected chi connectivity index (χ0v) is 14.8. The maximum Gasteiger partial charge on any atom is 0.236 e. The topological polar surface area (TPSA) is 71.5 Å². The maximum absolute atomic E-state index is 9.32. The first kappa shape index (κ1) is 17.1. The Balaban J connectivity index is 1.43. The molecule has 0 N–H and O–H groups in total. The van der Waals surface area contributed by atoms with Gasteiger partial charge in [0.05, 0.1) is 13.2 Å². The lowest BCUT2D eigenvalue weighted by Gasteiger charge is -2.25. The minimum Gasteiger partial charge on any atom is -0.484 e. The van der Waals surface area contributed by atoms with Gasteiger partial charge < -0.3 is 18.8 Å². The van der Waals surface area contributed by atoms with Gasteiger partial charge in [-0.2, -0.15) is 10.2 Å². The fraction of sp³-hybridized carbons (Fsp3) is 0.238. The Hall–Kier alpha value is -3.30. The van der Waals surface area contributed by atoms with Gasteiger partial charge in [-0.25, -0.2) is 0 Å². The maximum atomic E-state index is 9.32. The first-order chi connectivity index (χ1) is 13.3. The summed E-state index contributed by atoms with van der Waals surface area (Å²) >= 11 is 0. The molecule has 0 radical (unpaired) electrons. The van der Waals surface area contributed by atoms with Gasteiger partial charge in [0.2, 0.25) is 17.5 Å². The molecule has 0 atom stereocenters. The van der Waals surface area contributed by atoms with Crippen LogP contribution in [0.5, 0.6) is 5.75 Å². The summed E-state index contributed by atoms with van der Waals surface area (Å²) in [5.41, 5.74) is 2.57. The van der Waals surface area contributed by atoms with Crippen molar-refractivity contribution in [3.05, 3.63) is 66.2 Å². The highest BCUT2D eigenvalue weighted by Gasteiger charge is 2.21. The fourth-order valence-corrected chi connectivity index (χ4v) is 2.99. The average molecular weight is 361 g/mol. The molecule has 1 aliphatic rings. The highest BCUT2D eigenvalue weighted by Crippen LogP contribution is 2.25. The van der Waals surface area contributed by atoms with Crippen LogP contribution in [0.1, 0.15) is 11.6 Å². The molecule has 4 rings (SSSR count). The van der Waals surface area contributed by atoms with Crippen LogP contribution in [0, 0.1) is 11.3 Å². The summed E-state index contributed by atoms with van der Waals surface area (Å²) in [5.74, 6) is 1.61. The van der Waals surface area contributed by atoms with Gasteiger partial charge in [0.15, 0.2) is 6.61 Å². The van der Waals surface area contributed by atoms with Crippen LogP contribution in [0.25, 0.3) is 11.1 Å². The molecule has 1 aliphatic heterocycles. The molecule has 2 aromatic carbocycles. The number of hydrogen-bond acceptors (Lipinski definition) is 6. The van der Waals surface area contributed by atoms with Gasteiger partial charge in [0.25, 0.3) is 0 Å². The highest BCUT2D eigenvalue weighted by atomic mass is 16.5. The summed E-state index contributed by atoms with van der Waals surface area (Å²) in [4.78, 5) is 6.23. The number of hydrogen-bond donors (Lipinski definition) is 0. The molecule has 2 heterocycles. The van der Waals surface area contributed by atoms with Gasteiger partial charge in [0.1, 0.15) is 11.8 Å². The van der Waals surface area contributed by atoms with E-state index in [-0.39, 0.29) is 12.3 Å². The summed E-state index contributed by atoms with van der Waals surface area (Å²) in [6, 6.07) is 20.1. The van der Waals surface area contributed by atoms with Gasteiger partial charge in [-0.05, 0) is 23.3 Å². The van der Waals surface area contributed by atoms with E-state index in [0.29, 0.717) is 38.1 Å². The molecule has 0 unspecified atom stereocenters. The molecule has 0 bridgehead atoms. The van der Waals surface area contributed by atoms with E-state index in [2.05, 4.69) is 23.2 Å². The number of anilines is 1. The zero-order valence-electron chi connectivity index (χ0n) is 14.8. The van der Waals surface area contributed by atoms with Crippen LogP contribution in [0.3, 0.4) is 0 Å². The van der Waals surface area contributed by atoms with Gasteiger partial charge in [-0.15, -0.1) is 0 Å². The summed E-state index contributed by atoms with van der Waals surface area (Å²) in [5, 5.41) is 9.32. The van der Waals surface area contributed by atoms with E-state index in [9.17, 15) is 5.26 Å². The molecule has 1 fully saturated rings. The molecule has 1 aromatic heterocycles. The number of morpholine rings is 1. The third kappa shape index (κ3) is 3.94. The monoisotopic (exact) mass is 361 g/mol. The SMILES string of the molecule is N#Cc1nc(COc2ccc(-c3ccccc3)cc2)oc1N1CCOCC1. The first-order valence-electron chi connectivity index (χ1n) is 8.84. The average Bonchev–Trinajstić information content (AvgIpc) is 3.17. The predicted molar refractivity (Wildman–Crippen MR) is 100 cm³/mol. The van der Waals surface area contributed by atoms with Crippen LogP contribution in [-0.2, 0) is 11.3 Å². The van der Waals surface area contributed by atoms with E-state index in [0.717, 1.165) is 16.9 Å². The van der Waals surface area contributed by atoms with Crippen molar-refractivity contribution in [3.63, 3.8) is 0 Å². The van der Waals surface area contributed by atoms with Gasteiger partial charge >= 0.3 is 0 Å². The largest absolute Gasteiger partial charge is 0.484 e. The smallest absolute Gasteiger partial charge is 0.236 e. The molecular formula is C21H19N3O3. The van der Waals surface area contributed by atoms with Crippen molar-refractivity contribution in [1.82, 2.24) is 4.98 Å².